The van der Waals surface area contributed by atoms with Gasteiger partial charge in [0.05, 0.1) is 28.1 Å². The molecule has 0 saturated carbocycles. The molecule has 0 aliphatic heterocycles. The van der Waals surface area contributed by atoms with Gasteiger partial charge in [0.2, 0.25) is 0 Å². The average Bonchev–Trinajstić information content (AvgIpc) is 2.59. The fourth-order valence-corrected chi connectivity index (χ4v) is 2.42. The zero-order chi connectivity index (χ0) is 15.2. The topological polar surface area (TPSA) is 60.5 Å². The summed E-state index contributed by atoms with van der Waals surface area (Å²) in [4.78, 5) is 20.7. The fourth-order valence-electron chi connectivity index (χ4n) is 1.89. The first-order chi connectivity index (χ1) is 10.9. The third-order valence-corrected chi connectivity index (χ3v) is 3.60. The van der Waals surface area contributed by atoms with Crippen LogP contribution < -0.4 is 5.48 Å². The Hall–Kier alpha value is -2.41. The lowest BCUT2D eigenvalue weighted by molar-refractivity contribution is -0.161. The molecular weight excluding hydrogens is 300 g/mol. The van der Waals surface area contributed by atoms with E-state index in [4.69, 9.17) is 9.32 Å². The van der Waals surface area contributed by atoms with E-state index in [0.29, 0.717) is 11.3 Å². The first-order valence-electron chi connectivity index (χ1n) is 6.52. The number of para-hydroxylation sites is 1. The molecule has 0 bridgehead atoms. The summed E-state index contributed by atoms with van der Waals surface area (Å²) in [5.41, 5.74) is 4.77. The molecule has 1 heterocycles. The minimum Gasteiger partial charge on any atom is -0.298 e. The summed E-state index contributed by atoms with van der Waals surface area (Å²) >= 11 is 1.07. The van der Waals surface area contributed by atoms with Crippen LogP contribution in [0.5, 0.6) is 0 Å². The summed E-state index contributed by atoms with van der Waals surface area (Å²) < 4.78 is 5.08. The Morgan fingerprint density at radius 3 is 2.68 bits per heavy atom. The fraction of sp³-hybridized carbons (Fsp3) is 0. The molecule has 2 aromatic carbocycles. The smallest absolute Gasteiger partial charge is 0.150 e. The maximum atomic E-state index is 10.6. The molecule has 0 saturated heterocycles. The third kappa shape index (κ3) is 3.43. The predicted octanol–water partition coefficient (Wildman–Crippen LogP) is 4.03. The maximum absolute atomic E-state index is 10.6. The average molecular weight is 312 g/mol. The lowest BCUT2D eigenvalue weighted by Gasteiger charge is -2.06. The Kier molecular flexibility index (Phi) is 4.65. The van der Waals surface area contributed by atoms with Crippen LogP contribution in [0.25, 0.3) is 10.9 Å². The van der Waals surface area contributed by atoms with E-state index in [0.717, 1.165) is 34.1 Å². The molecule has 0 aliphatic carbocycles. The summed E-state index contributed by atoms with van der Waals surface area (Å²) in [6, 6.07) is 16.5. The molecule has 110 valence electrons. The Morgan fingerprint density at radius 2 is 1.86 bits per heavy atom. The SMILES string of the molecule is O=Cc1ccc(NOOSc2cccc3cccnc23)cc1. The van der Waals surface area contributed by atoms with Crippen LogP contribution in [0.1, 0.15) is 10.4 Å². The van der Waals surface area contributed by atoms with Gasteiger partial charge in [-0.1, -0.05) is 18.2 Å². The van der Waals surface area contributed by atoms with Crippen LogP contribution in [-0.2, 0) is 9.32 Å². The Labute approximate surface area is 131 Å². The minimum absolute atomic E-state index is 0.600. The molecule has 6 heteroatoms. The summed E-state index contributed by atoms with van der Waals surface area (Å²) in [6.07, 6.45) is 2.52. The normalized spacial score (nSPS) is 10.5. The van der Waals surface area contributed by atoms with Crippen molar-refractivity contribution in [2.45, 2.75) is 4.90 Å². The highest BCUT2D eigenvalue weighted by atomic mass is 32.2. The van der Waals surface area contributed by atoms with Gasteiger partial charge in [0.15, 0.2) is 0 Å². The van der Waals surface area contributed by atoms with Crippen LogP contribution in [0.3, 0.4) is 0 Å². The van der Waals surface area contributed by atoms with Crippen LogP contribution in [0.15, 0.2) is 65.7 Å². The largest absolute Gasteiger partial charge is 0.298 e. The summed E-state index contributed by atoms with van der Waals surface area (Å²) in [6.45, 7) is 0. The van der Waals surface area contributed by atoms with Crippen molar-refractivity contribution in [3.05, 3.63) is 66.4 Å². The lowest BCUT2D eigenvalue weighted by Crippen LogP contribution is -1.98. The maximum Gasteiger partial charge on any atom is 0.150 e. The lowest BCUT2D eigenvalue weighted by atomic mass is 10.2. The predicted molar refractivity (Wildman–Crippen MR) is 85.2 cm³/mol. The standard InChI is InChI=1S/C16H12N2O3S/c19-11-12-6-8-14(9-7-12)18-20-21-22-15-5-1-3-13-4-2-10-17-16(13)15/h1-11,18H. The van der Waals surface area contributed by atoms with Gasteiger partial charge >= 0.3 is 0 Å². The van der Waals surface area contributed by atoms with Crippen molar-refractivity contribution in [3.63, 3.8) is 0 Å². The molecule has 22 heavy (non-hydrogen) atoms. The number of nitrogens with one attached hydrogen (secondary N) is 1. The molecule has 3 aromatic rings. The van der Waals surface area contributed by atoms with Gasteiger partial charge in [0, 0.05) is 17.1 Å². The van der Waals surface area contributed by atoms with Gasteiger partial charge in [-0.3, -0.25) is 9.78 Å². The Bertz CT molecular complexity index is 772. The Balaban J connectivity index is 1.57. The molecule has 0 fully saturated rings. The van der Waals surface area contributed by atoms with Gasteiger partial charge in [0.1, 0.15) is 6.29 Å². The number of aromatic nitrogens is 1. The number of benzene rings is 2. The first-order valence-corrected chi connectivity index (χ1v) is 7.26. The van der Waals surface area contributed by atoms with Gasteiger partial charge < -0.3 is 0 Å². The molecule has 1 aromatic heterocycles. The molecule has 0 unspecified atom stereocenters. The number of nitrogens with zero attached hydrogens (tertiary/aromatic N) is 1. The van der Waals surface area contributed by atoms with E-state index in [1.165, 1.54) is 0 Å². The van der Waals surface area contributed by atoms with Crippen molar-refractivity contribution in [2.75, 3.05) is 5.48 Å². The van der Waals surface area contributed by atoms with E-state index >= 15 is 0 Å². The number of hydrogen-bond donors (Lipinski definition) is 1. The van der Waals surface area contributed by atoms with Crippen LogP contribution in [0.4, 0.5) is 5.69 Å². The van der Waals surface area contributed by atoms with E-state index in [1.54, 1.807) is 30.5 Å². The van der Waals surface area contributed by atoms with Crippen LogP contribution in [0, 0.1) is 0 Å². The zero-order valence-electron chi connectivity index (χ0n) is 11.4. The van der Waals surface area contributed by atoms with Crippen molar-refractivity contribution < 1.29 is 14.1 Å². The summed E-state index contributed by atoms with van der Waals surface area (Å²) in [5.74, 6) is 0. The van der Waals surface area contributed by atoms with Crippen molar-refractivity contribution in [1.29, 1.82) is 0 Å². The second kappa shape index (κ2) is 7.04. The number of pyridine rings is 1. The van der Waals surface area contributed by atoms with Crippen LogP contribution in [-0.4, -0.2) is 11.3 Å². The van der Waals surface area contributed by atoms with Crippen molar-refractivity contribution >= 4 is 34.9 Å². The van der Waals surface area contributed by atoms with E-state index in [1.807, 2.05) is 30.3 Å². The number of carbonyl (C=O) groups is 1. The highest BCUT2D eigenvalue weighted by Gasteiger charge is 2.04. The molecule has 0 aliphatic rings. The molecule has 0 atom stereocenters. The number of rotatable bonds is 6. The second-order valence-electron chi connectivity index (χ2n) is 4.41. The zero-order valence-corrected chi connectivity index (χ0v) is 12.2. The van der Waals surface area contributed by atoms with Gasteiger partial charge in [-0.25, -0.2) is 5.48 Å². The summed E-state index contributed by atoms with van der Waals surface area (Å²) in [7, 11) is 0. The molecule has 0 radical (unpaired) electrons. The van der Waals surface area contributed by atoms with Gasteiger partial charge in [-0.05, 0) is 36.4 Å². The number of anilines is 1. The molecular formula is C16H12N2O3S. The molecule has 1 N–H and O–H groups in total. The number of aldehydes is 1. The van der Waals surface area contributed by atoms with Gasteiger partial charge in [-0.15, -0.1) is 9.32 Å². The van der Waals surface area contributed by atoms with E-state index < -0.39 is 0 Å². The summed E-state index contributed by atoms with van der Waals surface area (Å²) in [5, 5.41) is 1.04. The van der Waals surface area contributed by atoms with E-state index in [2.05, 4.69) is 10.5 Å². The molecule has 5 nitrogen and oxygen atoms in total. The highest BCUT2D eigenvalue weighted by Crippen LogP contribution is 2.27. The van der Waals surface area contributed by atoms with Gasteiger partial charge in [-0.2, -0.15) is 0 Å². The van der Waals surface area contributed by atoms with Crippen molar-refractivity contribution in [1.82, 2.24) is 4.98 Å². The first kappa shape index (κ1) is 14.5. The number of fused-ring (bicyclic) bond motifs is 1. The van der Waals surface area contributed by atoms with Crippen LogP contribution in [0.2, 0.25) is 0 Å². The molecule has 3 rings (SSSR count). The van der Waals surface area contributed by atoms with E-state index in [9.17, 15) is 4.79 Å². The Morgan fingerprint density at radius 1 is 1.05 bits per heavy atom. The third-order valence-electron chi connectivity index (χ3n) is 2.96. The van der Waals surface area contributed by atoms with Crippen molar-refractivity contribution in [2.24, 2.45) is 0 Å². The minimum atomic E-state index is 0.600. The highest BCUT2D eigenvalue weighted by molar-refractivity contribution is 7.94. The monoisotopic (exact) mass is 312 g/mol. The van der Waals surface area contributed by atoms with E-state index in [-0.39, 0.29) is 0 Å². The number of carbonyl (C=O) groups excluding carboxylic acids is 1. The molecule has 0 spiro atoms. The molecule has 0 amide bonds. The van der Waals surface area contributed by atoms with Gasteiger partial charge in [0.25, 0.3) is 0 Å². The van der Waals surface area contributed by atoms with Crippen molar-refractivity contribution in [3.8, 4) is 0 Å². The number of hydrogen-bond acceptors (Lipinski definition) is 6. The quantitative estimate of drug-likeness (QED) is 0.244. The second-order valence-corrected chi connectivity index (χ2v) is 5.15. The van der Waals surface area contributed by atoms with Crippen LogP contribution >= 0.6 is 12.0 Å².